The maximum absolute atomic E-state index is 12.2. The van der Waals surface area contributed by atoms with Gasteiger partial charge in [0.15, 0.2) is 17.6 Å². The number of methoxy groups -OCH3 is 2. The number of benzene rings is 2. The fourth-order valence-electron chi connectivity index (χ4n) is 2.17. The minimum Gasteiger partial charge on any atom is -0.493 e. The van der Waals surface area contributed by atoms with Crippen molar-refractivity contribution in [2.75, 3.05) is 14.2 Å². The first-order valence-electron chi connectivity index (χ1n) is 8.04. The molecule has 0 spiro atoms. The van der Waals surface area contributed by atoms with E-state index in [1.165, 1.54) is 0 Å². The van der Waals surface area contributed by atoms with E-state index in [9.17, 15) is 4.79 Å². The van der Waals surface area contributed by atoms with Crippen molar-refractivity contribution in [3.8, 4) is 17.2 Å². The average Bonchev–Trinajstić information content (AvgIpc) is 2.67. The number of carbonyl (C=O) groups is 1. The number of rotatable bonds is 7. The van der Waals surface area contributed by atoms with Crippen LogP contribution in [-0.2, 0) is 4.79 Å². The van der Waals surface area contributed by atoms with Gasteiger partial charge in [0.25, 0.3) is 5.91 Å². The number of nitrogens with zero attached hydrogens (tertiary/aromatic N) is 1. The van der Waals surface area contributed by atoms with Gasteiger partial charge in [-0.3, -0.25) is 4.79 Å². The molecule has 6 nitrogen and oxygen atoms in total. The fraction of sp³-hybridized carbons (Fsp3) is 0.263. The van der Waals surface area contributed by atoms with Crippen LogP contribution in [0.25, 0.3) is 0 Å². The van der Waals surface area contributed by atoms with Gasteiger partial charge in [-0.05, 0) is 50.2 Å². The summed E-state index contributed by atoms with van der Waals surface area (Å²) in [5, 5.41) is 4.92. The molecule has 0 aliphatic heterocycles. The molecule has 0 fully saturated rings. The van der Waals surface area contributed by atoms with Crippen LogP contribution in [0.4, 0.5) is 0 Å². The highest BCUT2D eigenvalue weighted by Gasteiger charge is 2.16. The van der Waals surface area contributed by atoms with Gasteiger partial charge in [0.05, 0.1) is 25.0 Å². The van der Waals surface area contributed by atoms with E-state index < -0.39 is 12.0 Å². The highest BCUT2D eigenvalue weighted by molar-refractivity contribution is 6.35. The van der Waals surface area contributed by atoms with Crippen molar-refractivity contribution in [3.05, 3.63) is 52.0 Å². The highest BCUT2D eigenvalue weighted by Crippen LogP contribution is 2.29. The summed E-state index contributed by atoms with van der Waals surface area (Å²) in [4.78, 5) is 12.2. The van der Waals surface area contributed by atoms with E-state index in [1.807, 2.05) is 6.07 Å². The molecule has 1 amide bonds. The molecule has 144 valence electrons. The minimum atomic E-state index is -0.800. The molecule has 2 aromatic carbocycles. The number of halogens is 2. The normalized spacial score (nSPS) is 12.3. The quantitative estimate of drug-likeness (QED) is 0.544. The first-order chi connectivity index (χ1) is 12.8. The minimum absolute atomic E-state index is 0.326. The lowest BCUT2D eigenvalue weighted by molar-refractivity contribution is -0.127. The van der Waals surface area contributed by atoms with Crippen LogP contribution in [0.1, 0.15) is 19.4 Å². The maximum atomic E-state index is 12.2. The number of hydrogen-bond donors (Lipinski definition) is 1. The Kier molecular flexibility index (Phi) is 7.33. The third kappa shape index (κ3) is 5.52. The molecule has 2 rings (SSSR count). The number of hydrazone groups is 1. The molecular formula is C19H20Cl2N2O4. The van der Waals surface area contributed by atoms with Crippen molar-refractivity contribution >= 4 is 34.8 Å². The Balaban J connectivity index is 2.04. The van der Waals surface area contributed by atoms with Gasteiger partial charge < -0.3 is 14.2 Å². The lowest BCUT2D eigenvalue weighted by Crippen LogP contribution is -2.34. The molecule has 0 aliphatic rings. The van der Waals surface area contributed by atoms with Crippen molar-refractivity contribution in [1.82, 2.24) is 5.43 Å². The number of ether oxygens (including phenoxy) is 3. The predicted molar refractivity (Wildman–Crippen MR) is 106 cm³/mol. The van der Waals surface area contributed by atoms with E-state index in [2.05, 4.69) is 10.5 Å². The van der Waals surface area contributed by atoms with Gasteiger partial charge in [-0.15, -0.1) is 0 Å². The van der Waals surface area contributed by atoms with E-state index in [0.29, 0.717) is 33.0 Å². The van der Waals surface area contributed by atoms with Crippen molar-refractivity contribution in [2.45, 2.75) is 20.0 Å². The number of carbonyl (C=O) groups excluding carboxylic acids is 1. The van der Waals surface area contributed by atoms with Crippen molar-refractivity contribution in [3.63, 3.8) is 0 Å². The number of nitrogens with one attached hydrogen (secondary N) is 1. The van der Waals surface area contributed by atoms with E-state index in [1.54, 1.807) is 58.4 Å². The third-order valence-electron chi connectivity index (χ3n) is 3.70. The first kappa shape index (κ1) is 20.9. The van der Waals surface area contributed by atoms with Gasteiger partial charge in [-0.2, -0.15) is 5.10 Å². The third-order valence-corrected chi connectivity index (χ3v) is 4.23. The standard InChI is InChI=1S/C19H20Cl2N2O4/c1-11(13-5-7-17(25-3)18(9-13)26-4)22-23-19(24)12(2)27-16-8-6-14(20)10-15(16)21/h5-10,12H,1-4H3,(H,23,24). The summed E-state index contributed by atoms with van der Waals surface area (Å²) in [5.74, 6) is 1.13. The molecule has 0 bridgehead atoms. The Morgan fingerprint density at radius 3 is 2.33 bits per heavy atom. The molecule has 1 unspecified atom stereocenters. The van der Waals surface area contributed by atoms with Crippen LogP contribution in [0.15, 0.2) is 41.5 Å². The van der Waals surface area contributed by atoms with Crippen LogP contribution in [-0.4, -0.2) is 31.9 Å². The zero-order chi connectivity index (χ0) is 20.0. The van der Waals surface area contributed by atoms with E-state index in [-0.39, 0.29) is 0 Å². The Hall–Kier alpha value is -2.44. The molecule has 1 N–H and O–H groups in total. The summed E-state index contributed by atoms with van der Waals surface area (Å²) in [6.45, 7) is 3.37. The SMILES string of the molecule is COc1ccc(C(C)=NNC(=O)C(C)Oc2ccc(Cl)cc2Cl)cc1OC. The van der Waals surface area contributed by atoms with Crippen molar-refractivity contribution < 1.29 is 19.0 Å². The lowest BCUT2D eigenvalue weighted by atomic mass is 10.1. The van der Waals surface area contributed by atoms with Crippen molar-refractivity contribution in [1.29, 1.82) is 0 Å². The second-order valence-electron chi connectivity index (χ2n) is 5.58. The smallest absolute Gasteiger partial charge is 0.280 e. The van der Waals surface area contributed by atoms with Gasteiger partial charge in [-0.25, -0.2) is 5.43 Å². The summed E-state index contributed by atoms with van der Waals surface area (Å²) in [7, 11) is 3.11. The second-order valence-corrected chi connectivity index (χ2v) is 6.42. The Bertz CT molecular complexity index is 856. The second kappa shape index (κ2) is 9.48. The Morgan fingerprint density at radius 2 is 1.70 bits per heavy atom. The molecule has 0 saturated heterocycles. The van der Waals surface area contributed by atoms with E-state index >= 15 is 0 Å². The van der Waals surface area contributed by atoms with Gasteiger partial charge >= 0.3 is 0 Å². The molecule has 0 aliphatic carbocycles. The van der Waals surface area contributed by atoms with E-state index in [0.717, 1.165) is 5.56 Å². The zero-order valence-electron chi connectivity index (χ0n) is 15.4. The molecule has 0 heterocycles. The highest BCUT2D eigenvalue weighted by atomic mass is 35.5. The molecule has 0 radical (unpaired) electrons. The van der Waals surface area contributed by atoms with Crippen LogP contribution in [0.2, 0.25) is 10.0 Å². The maximum Gasteiger partial charge on any atom is 0.280 e. The van der Waals surface area contributed by atoms with Crippen LogP contribution < -0.4 is 19.6 Å². The molecule has 0 aromatic heterocycles. The largest absolute Gasteiger partial charge is 0.493 e. The molecule has 2 aromatic rings. The Labute approximate surface area is 168 Å². The summed E-state index contributed by atoms with van der Waals surface area (Å²) < 4.78 is 16.0. The van der Waals surface area contributed by atoms with Crippen LogP contribution >= 0.6 is 23.2 Å². The lowest BCUT2D eigenvalue weighted by Gasteiger charge is -2.14. The topological polar surface area (TPSA) is 69.2 Å². The molecule has 0 saturated carbocycles. The molecule has 27 heavy (non-hydrogen) atoms. The predicted octanol–water partition coefficient (Wildman–Crippen LogP) is 4.32. The summed E-state index contributed by atoms with van der Waals surface area (Å²) >= 11 is 11.9. The van der Waals surface area contributed by atoms with Crippen LogP contribution in [0.5, 0.6) is 17.2 Å². The van der Waals surface area contributed by atoms with Gasteiger partial charge in [0.2, 0.25) is 0 Å². The van der Waals surface area contributed by atoms with Crippen LogP contribution in [0, 0.1) is 0 Å². The summed E-state index contributed by atoms with van der Waals surface area (Å²) in [5.41, 5.74) is 3.86. The van der Waals surface area contributed by atoms with Crippen LogP contribution in [0.3, 0.4) is 0 Å². The van der Waals surface area contributed by atoms with Gasteiger partial charge in [0.1, 0.15) is 5.75 Å². The van der Waals surface area contributed by atoms with Gasteiger partial charge in [-0.1, -0.05) is 23.2 Å². The summed E-state index contributed by atoms with van der Waals surface area (Å²) in [6, 6.07) is 10.1. The van der Waals surface area contributed by atoms with Crippen molar-refractivity contribution in [2.24, 2.45) is 5.10 Å². The first-order valence-corrected chi connectivity index (χ1v) is 8.79. The Morgan fingerprint density at radius 1 is 1.04 bits per heavy atom. The monoisotopic (exact) mass is 410 g/mol. The van der Waals surface area contributed by atoms with Gasteiger partial charge in [0, 0.05) is 10.6 Å². The number of hydrogen-bond acceptors (Lipinski definition) is 5. The number of amides is 1. The average molecular weight is 411 g/mol. The zero-order valence-corrected chi connectivity index (χ0v) is 16.9. The molecule has 8 heteroatoms. The van der Waals surface area contributed by atoms with E-state index in [4.69, 9.17) is 37.4 Å². The molecule has 1 atom stereocenters. The fourth-order valence-corrected chi connectivity index (χ4v) is 2.62. The molecular weight excluding hydrogens is 391 g/mol. The summed E-state index contributed by atoms with van der Waals surface area (Å²) in [6.07, 6.45) is -0.800.